The van der Waals surface area contributed by atoms with Gasteiger partial charge < -0.3 is 15.5 Å². The first-order valence-electron chi connectivity index (χ1n) is 5.91. The maximum absolute atomic E-state index is 11.8. The van der Waals surface area contributed by atoms with Gasteiger partial charge in [0.1, 0.15) is 0 Å². The van der Waals surface area contributed by atoms with Crippen LogP contribution in [0.3, 0.4) is 0 Å². The third-order valence-corrected chi connectivity index (χ3v) is 3.67. The van der Waals surface area contributed by atoms with Crippen LogP contribution in [-0.4, -0.2) is 18.0 Å². The van der Waals surface area contributed by atoms with E-state index in [-0.39, 0.29) is 11.4 Å². The van der Waals surface area contributed by atoms with Crippen LogP contribution in [0.2, 0.25) is 0 Å². The lowest BCUT2D eigenvalue weighted by atomic mass is 9.82. The zero-order valence-corrected chi connectivity index (χ0v) is 11.3. The summed E-state index contributed by atoms with van der Waals surface area (Å²) in [4.78, 5) is 11.8. The average molecular weight is 301 g/mol. The average Bonchev–Trinajstić information content (AvgIpc) is 2.74. The number of halogens is 1. The lowest BCUT2D eigenvalue weighted by Gasteiger charge is -2.33. The summed E-state index contributed by atoms with van der Waals surface area (Å²) in [6.07, 6.45) is 5.51. The van der Waals surface area contributed by atoms with Crippen LogP contribution in [0.4, 0.5) is 0 Å². The van der Waals surface area contributed by atoms with Crippen molar-refractivity contribution in [3.05, 3.63) is 22.6 Å². The number of nitrogens with two attached hydrogens (primary N) is 1. The maximum atomic E-state index is 11.8. The summed E-state index contributed by atoms with van der Waals surface area (Å²) >= 11 is 3.17. The first-order chi connectivity index (χ1) is 8.09. The molecule has 0 unspecified atom stereocenters. The molecule has 1 aromatic rings. The van der Waals surface area contributed by atoms with Crippen LogP contribution in [0.25, 0.3) is 0 Å². The van der Waals surface area contributed by atoms with E-state index in [1.807, 2.05) is 0 Å². The minimum absolute atomic E-state index is 0.203. The van der Waals surface area contributed by atoms with E-state index in [0.29, 0.717) is 17.0 Å². The molecule has 17 heavy (non-hydrogen) atoms. The second kappa shape index (κ2) is 5.23. The Balaban J connectivity index is 1.87. The molecule has 0 saturated heterocycles. The molecule has 4 nitrogen and oxygen atoms in total. The molecular formula is C12H17BrN2O2. The molecule has 1 fully saturated rings. The second-order valence-corrected chi connectivity index (χ2v) is 5.49. The highest BCUT2D eigenvalue weighted by Crippen LogP contribution is 2.25. The molecule has 1 aromatic heterocycles. The van der Waals surface area contributed by atoms with Gasteiger partial charge in [-0.3, -0.25) is 4.79 Å². The van der Waals surface area contributed by atoms with Crippen molar-refractivity contribution in [1.82, 2.24) is 5.32 Å². The third kappa shape index (κ3) is 3.33. The standard InChI is InChI=1S/C12H17BrN2O2/c13-10-5-4-9(17-10)11(16)15-8-12(14)6-2-1-3-7-12/h4-5H,1-3,6-8,14H2,(H,15,16). The highest BCUT2D eigenvalue weighted by Gasteiger charge is 2.28. The number of carbonyl (C=O) groups is 1. The molecule has 1 saturated carbocycles. The summed E-state index contributed by atoms with van der Waals surface area (Å²) in [6, 6.07) is 3.34. The zero-order chi connectivity index (χ0) is 12.3. The predicted octanol–water partition coefficient (Wildman–Crippen LogP) is 2.43. The van der Waals surface area contributed by atoms with E-state index < -0.39 is 0 Å². The topological polar surface area (TPSA) is 68.3 Å². The van der Waals surface area contributed by atoms with E-state index >= 15 is 0 Å². The van der Waals surface area contributed by atoms with Gasteiger partial charge in [0.25, 0.3) is 5.91 Å². The fourth-order valence-corrected chi connectivity index (χ4v) is 2.52. The lowest BCUT2D eigenvalue weighted by molar-refractivity contribution is 0.0908. The van der Waals surface area contributed by atoms with Crippen molar-refractivity contribution in [2.24, 2.45) is 5.73 Å². The Morgan fingerprint density at radius 1 is 1.41 bits per heavy atom. The van der Waals surface area contributed by atoms with Crippen LogP contribution < -0.4 is 11.1 Å². The number of amides is 1. The van der Waals surface area contributed by atoms with Gasteiger partial charge >= 0.3 is 0 Å². The van der Waals surface area contributed by atoms with E-state index in [0.717, 1.165) is 25.7 Å². The molecule has 0 bridgehead atoms. The molecule has 0 radical (unpaired) electrons. The molecule has 0 aromatic carbocycles. The van der Waals surface area contributed by atoms with Gasteiger partial charge in [0.05, 0.1) is 0 Å². The van der Waals surface area contributed by atoms with Crippen LogP contribution in [0.1, 0.15) is 42.7 Å². The van der Waals surface area contributed by atoms with E-state index in [1.54, 1.807) is 12.1 Å². The Bertz CT molecular complexity index is 397. The van der Waals surface area contributed by atoms with E-state index in [4.69, 9.17) is 10.2 Å². The fraction of sp³-hybridized carbons (Fsp3) is 0.583. The summed E-state index contributed by atoms with van der Waals surface area (Å²) in [7, 11) is 0. The minimum atomic E-state index is -0.238. The number of carbonyl (C=O) groups excluding carboxylic acids is 1. The quantitative estimate of drug-likeness (QED) is 0.901. The smallest absolute Gasteiger partial charge is 0.287 e. The molecule has 0 spiro atoms. The summed E-state index contributed by atoms with van der Waals surface area (Å²) < 4.78 is 5.74. The SMILES string of the molecule is NC1(CNC(=O)c2ccc(Br)o2)CCCCC1. The van der Waals surface area contributed by atoms with Crippen LogP contribution in [0.15, 0.2) is 21.2 Å². The van der Waals surface area contributed by atoms with Crippen molar-refractivity contribution in [3.8, 4) is 0 Å². The van der Waals surface area contributed by atoms with Crippen molar-refractivity contribution in [1.29, 1.82) is 0 Å². The molecule has 3 N–H and O–H groups in total. The Hall–Kier alpha value is -0.810. The number of hydrogen-bond acceptors (Lipinski definition) is 3. The molecule has 0 aliphatic heterocycles. The number of furan rings is 1. The van der Waals surface area contributed by atoms with Crippen LogP contribution in [0, 0.1) is 0 Å². The monoisotopic (exact) mass is 300 g/mol. The molecule has 0 atom stereocenters. The summed E-state index contributed by atoms with van der Waals surface area (Å²) in [6.45, 7) is 0.518. The van der Waals surface area contributed by atoms with Gasteiger partial charge in [-0.25, -0.2) is 0 Å². The van der Waals surface area contributed by atoms with E-state index in [1.165, 1.54) is 6.42 Å². The fourth-order valence-electron chi connectivity index (χ4n) is 2.21. The van der Waals surface area contributed by atoms with Crippen molar-refractivity contribution < 1.29 is 9.21 Å². The molecule has 1 amide bonds. The van der Waals surface area contributed by atoms with Gasteiger partial charge in [0, 0.05) is 12.1 Å². The predicted molar refractivity (Wildman–Crippen MR) is 68.7 cm³/mol. The molecule has 2 rings (SSSR count). The molecule has 1 aliphatic rings. The third-order valence-electron chi connectivity index (χ3n) is 3.25. The van der Waals surface area contributed by atoms with Gasteiger partial charge in [0.2, 0.25) is 0 Å². The zero-order valence-electron chi connectivity index (χ0n) is 9.67. The van der Waals surface area contributed by atoms with E-state index in [9.17, 15) is 4.79 Å². The molecule has 1 heterocycles. The largest absolute Gasteiger partial charge is 0.444 e. The van der Waals surface area contributed by atoms with Crippen molar-refractivity contribution >= 4 is 21.8 Å². The molecule has 1 aliphatic carbocycles. The van der Waals surface area contributed by atoms with Gasteiger partial charge in [-0.2, -0.15) is 0 Å². The van der Waals surface area contributed by atoms with Gasteiger partial charge in [-0.05, 0) is 40.9 Å². The number of nitrogens with one attached hydrogen (secondary N) is 1. The number of rotatable bonds is 3. The Morgan fingerprint density at radius 3 is 2.71 bits per heavy atom. The molecule has 94 valence electrons. The van der Waals surface area contributed by atoms with Gasteiger partial charge in [-0.15, -0.1) is 0 Å². The number of hydrogen-bond donors (Lipinski definition) is 2. The molecule has 5 heteroatoms. The maximum Gasteiger partial charge on any atom is 0.287 e. The first-order valence-corrected chi connectivity index (χ1v) is 6.71. The summed E-state index contributed by atoms with van der Waals surface area (Å²) in [5, 5.41) is 2.84. The van der Waals surface area contributed by atoms with Crippen LogP contribution in [0.5, 0.6) is 0 Å². The Labute approximate surface area is 109 Å². The van der Waals surface area contributed by atoms with Crippen LogP contribution >= 0.6 is 15.9 Å². The van der Waals surface area contributed by atoms with Gasteiger partial charge in [-0.1, -0.05) is 19.3 Å². The lowest BCUT2D eigenvalue weighted by Crippen LogP contribution is -2.51. The summed E-state index contributed by atoms with van der Waals surface area (Å²) in [5.74, 6) is 0.113. The van der Waals surface area contributed by atoms with E-state index in [2.05, 4.69) is 21.2 Å². The normalized spacial score (nSPS) is 18.9. The Morgan fingerprint density at radius 2 is 2.12 bits per heavy atom. The Kier molecular flexibility index (Phi) is 3.89. The summed E-state index contributed by atoms with van der Waals surface area (Å²) in [5.41, 5.74) is 6.00. The second-order valence-electron chi connectivity index (χ2n) is 4.71. The van der Waals surface area contributed by atoms with Crippen LogP contribution in [-0.2, 0) is 0 Å². The highest BCUT2D eigenvalue weighted by atomic mass is 79.9. The van der Waals surface area contributed by atoms with Crippen molar-refractivity contribution in [2.45, 2.75) is 37.6 Å². The first kappa shape index (κ1) is 12.6. The highest BCUT2D eigenvalue weighted by molar-refractivity contribution is 9.10. The minimum Gasteiger partial charge on any atom is -0.444 e. The van der Waals surface area contributed by atoms with Crippen molar-refractivity contribution in [3.63, 3.8) is 0 Å². The van der Waals surface area contributed by atoms with Crippen molar-refractivity contribution in [2.75, 3.05) is 6.54 Å². The molecular weight excluding hydrogens is 284 g/mol. The van der Waals surface area contributed by atoms with Gasteiger partial charge in [0.15, 0.2) is 10.4 Å².